The highest BCUT2D eigenvalue weighted by molar-refractivity contribution is 5.36. The fraction of sp³-hybridized carbons (Fsp3) is 0.172. The first-order chi connectivity index (χ1) is 14.6. The average molecular weight is 393 g/mol. The smallest absolute Gasteiger partial charge is 0.127 e. The average Bonchev–Trinajstić information content (AvgIpc) is 2.77. The van der Waals surface area contributed by atoms with Crippen molar-refractivity contribution in [1.29, 1.82) is 0 Å². The van der Waals surface area contributed by atoms with Crippen LogP contribution in [0.1, 0.15) is 33.4 Å². The van der Waals surface area contributed by atoms with Gasteiger partial charge in [-0.25, -0.2) is 0 Å². The maximum atomic E-state index is 5.92. The number of ether oxygens (including phenoxy) is 1. The molecule has 1 heteroatoms. The second kappa shape index (κ2) is 9.45. The Morgan fingerprint density at radius 2 is 0.767 bits per heavy atom. The number of benzene rings is 4. The highest BCUT2D eigenvalue weighted by Crippen LogP contribution is 2.23. The van der Waals surface area contributed by atoms with Crippen LogP contribution in [0.5, 0.6) is 11.5 Å². The van der Waals surface area contributed by atoms with Gasteiger partial charge < -0.3 is 4.74 Å². The van der Waals surface area contributed by atoms with Crippen LogP contribution in [0.2, 0.25) is 0 Å². The van der Waals surface area contributed by atoms with Crippen LogP contribution in [0.15, 0.2) is 97.1 Å². The number of rotatable bonds is 7. The first-order valence-electron chi connectivity index (χ1n) is 10.6. The highest BCUT2D eigenvalue weighted by Gasteiger charge is 2.01. The van der Waals surface area contributed by atoms with Crippen LogP contribution in [0.3, 0.4) is 0 Å². The van der Waals surface area contributed by atoms with Crippen molar-refractivity contribution in [2.45, 2.75) is 33.1 Å². The van der Waals surface area contributed by atoms with E-state index in [0.29, 0.717) is 0 Å². The third-order valence-electron chi connectivity index (χ3n) is 5.43. The van der Waals surface area contributed by atoms with E-state index in [-0.39, 0.29) is 0 Å². The fourth-order valence-electron chi connectivity index (χ4n) is 3.52. The Kier molecular flexibility index (Phi) is 6.29. The monoisotopic (exact) mass is 392 g/mol. The van der Waals surface area contributed by atoms with Crippen molar-refractivity contribution >= 4 is 0 Å². The number of aryl methyl sites for hydroxylation is 4. The molecule has 0 bridgehead atoms. The zero-order valence-corrected chi connectivity index (χ0v) is 17.8. The molecule has 0 aromatic heterocycles. The van der Waals surface area contributed by atoms with Crippen LogP contribution >= 0.6 is 0 Å². The predicted molar refractivity (Wildman–Crippen MR) is 126 cm³/mol. The lowest BCUT2D eigenvalue weighted by Crippen LogP contribution is -1.93. The molecular weight excluding hydrogens is 364 g/mol. The van der Waals surface area contributed by atoms with Crippen LogP contribution in [0.25, 0.3) is 0 Å². The second-order valence-electron chi connectivity index (χ2n) is 8.04. The van der Waals surface area contributed by atoms with Gasteiger partial charge >= 0.3 is 0 Å². The molecule has 30 heavy (non-hydrogen) atoms. The van der Waals surface area contributed by atoms with E-state index in [1.807, 2.05) is 24.3 Å². The van der Waals surface area contributed by atoms with Crippen molar-refractivity contribution in [3.8, 4) is 11.5 Å². The maximum Gasteiger partial charge on any atom is 0.127 e. The Hall–Kier alpha value is -3.32. The van der Waals surface area contributed by atoms with Gasteiger partial charge in [-0.15, -0.1) is 0 Å². The van der Waals surface area contributed by atoms with Gasteiger partial charge in [-0.3, -0.25) is 0 Å². The molecule has 0 unspecified atom stereocenters. The molecule has 0 aliphatic rings. The molecule has 0 saturated carbocycles. The first kappa shape index (κ1) is 20.0. The SMILES string of the molecule is Cc1ccc(CCc2ccc(Cc3ccc(Oc4ccc(C)cc4)cc3)cc2)cc1. The van der Waals surface area contributed by atoms with Gasteiger partial charge in [0.2, 0.25) is 0 Å². The van der Waals surface area contributed by atoms with Crippen LogP contribution < -0.4 is 4.74 Å². The van der Waals surface area contributed by atoms with Crippen molar-refractivity contribution in [3.05, 3.63) is 130 Å². The summed E-state index contributed by atoms with van der Waals surface area (Å²) in [5.41, 5.74) is 7.97. The van der Waals surface area contributed by atoms with E-state index in [4.69, 9.17) is 4.74 Å². The minimum atomic E-state index is 0.869. The van der Waals surface area contributed by atoms with Crippen molar-refractivity contribution in [1.82, 2.24) is 0 Å². The zero-order valence-electron chi connectivity index (χ0n) is 17.8. The van der Waals surface area contributed by atoms with Crippen LogP contribution in [-0.4, -0.2) is 0 Å². The van der Waals surface area contributed by atoms with Gasteiger partial charge in [0.15, 0.2) is 0 Å². The maximum absolute atomic E-state index is 5.92. The lowest BCUT2D eigenvalue weighted by Gasteiger charge is -2.08. The molecule has 0 spiro atoms. The third-order valence-corrected chi connectivity index (χ3v) is 5.43. The number of hydrogen-bond donors (Lipinski definition) is 0. The van der Waals surface area contributed by atoms with Crippen LogP contribution in [0, 0.1) is 13.8 Å². The van der Waals surface area contributed by atoms with E-state index in [2.05, 4.69) is 86.6 Å². The van der Waals surface area contributed by atoms with Gasteiger partial charge in [-0.1, -0.05) is 83.9 Å². The Bertz CT molecular complexity index is 1060. The lowest BCUT2D eigenvalue weighted by atomic mass is 10.00. The molecule has 4 rings (SSSR count). The lowest BCUT2D eigenvalue weighted by molar-refractivity contribution is 0.482. The van der Waals surface area contributed by atoms with Gasteiger partial charge in [0.25, 0.3) is 0 Å². The van der Waals surface area contributed by atoms with Gasteiger partial charge in [-0.05, 0) is 79.6 Å². The fourth-order valence-corrected chi connectivity index (χ4v) is 3.52. The molecule has 0 atom stereocenters. The highest BCUT2D eigenvalue weighted by atomic mass is 16.5. The van der Waals surface area contributed by atoms with E-state index in [9.17, 15) is 0 Å². The minimum Gasteiger partial charge on any atom is -0.457 e. The molecule has 150 valence electrons. The normalized spacial score (nSPS) is 10.7. The quantitative estimate of drug-likeness (QED) is 0.317. The first-order valence-corrected chi connectivity index (χ1v) is 10.6. The van der Waals surface area contributed by atoms with E-state index in [1.54, 1.807) is 0 Å². The standard InChI is InChI=1S/C29H28O/c1-22-3-7-24(8-4-22)9-10-25-11-13-26(14-12-25)21-27-15-19-29(20-16-27)30-28-17-5-23(2)6-18-28/h3-8,11-20H,9-10,21H2,1-2H3. The molecule has 0 aliphatic carbocycles. The van der Waals surface area contributed by atoms with Crippen molar-refractivity contribution in [2.75, 3.05) is 0 Å². The molecule has 0 fully saturated rings. The van der Waals surface area contributed by atoms with Crippen LogP contribution in [0.4, 0.5) is 0 Å². The van der Waals surface area contributed by atoms with E-state index in [0.717, 1.165) is 30.8 Å². The zero-order chi connectivity index (χ0) is 20.8. The molecule has 0 amide bonds. The molecule has 0 radical (unpaired) electrons. The molecule has 0 heterocycles. The van der Waals surface area contributed by atoms with Crippen LogP contribution in [-0.2, 0) is 19.3 Å². The van der Waals surface area contributed by atoms with E-state index in [1.165, 1.54) is 33.4 Å². The summed E-state index contributed by atoms with van der Waals surface area (Å²) in [7, 11) is 0. The largest absolute Gasteiger partial charge is 0.457 e. The Morgan fingerprint density at radius 3 is 1.27 bits per heavy atom. The van der Waals surface area contributed by atoms with Crippen molar-refractivity contribution in [2.24, 2.45) is 0 Å². The second-order valence-corrected chi connectivity index (χ2v) is 8.04. The molecule has 4 aromatic carbocycles. The van der Waals surface area contributed by atoms with Gasteiger partial charge in [0.1, 0.15) is 11.5 Å². The topological polar surface area (TPSA) is 9.23 Å². The van der Waals surface area contributed by atoms with E-state index < -0.39 is 0 Å². The molecular formula is C29H28O. The number of hydrogen-bond acceptors (Lipinski definition) is 1. The summed E-state index contributed by atoms with van der Waals surface area (Å²) in [6.45, 7) is 4.21. The van der Waals surface area contributed by atoms with Gasteiger partial charge in [-0.2, -0.15) is 0 Å². The third kappa shape index (κ3) is 5.61. The van der Waals surface area contributed by atoms with Gasteiger partial charge in [0, 0.05) is 0 Å². The summed E-state index contributed by atoms with van der Waals surface area (Å²) in [4.78, 5) is 0. The summed E-state index contributed by atoms with van der Waals surface area (Å²) in [6.07, 6.45) is 3.10. The minimum absolute atomic E-state index is 0.869. The van der Waals surface area contributed by atoms with E-state index >= 15 is 0 Å². The van der Waals surface area contributed by atoms with Crippen molar-refractivity contribution in [3.63, 3.8) is 0 Å². The molecule has 0 saturated heterocycles. The molecule has 1 nitrogen and oxygen atoms in total. The Morgan fingerprint density at radius 1 is 0.433 bits per heavy atom. The summed E-state index contributed by atoms with van der Waals surface area (Å²) < 4.78 is 5.92. The van der Waals surface area contributed by atoms with Crippen molar-refractivity contribution < 1.29 is 4.74 Å². The molecule has 0 aliphatic heterocycles. The molecule has 4 aromatic rings. The Balaban J connectivity index is 1.31. The summed E-state index contributed by atoms with van der Waals surface area (Å²) >= 11 is 0. The Labute approximate surface area is 180 Å². The summed E-state index contributed by atoms with van der Waals surface area (Å²) in [5.74, 6) is 1.74. The summed E-state index contributed by atoms with van der Waals surface area (Å²) in [6, 6.07) is 34.4. The predicted octanol–water partition coefficient (Wildman–Crippen LogP) is 7.47. The van der Waals surface area contributed by atoms with Gasteiger partial charge in [0.05, 0.1) is 0 Å². The summed E-state index contributed by atoms with van der Waals surface area (Å²) in [5, 5.41) is 0. The molecule has 0 N–H and O–H groups in total.